The highest BCUT2D eigenvalue weighted by molar-refractivity contribution is 6.33. The van der Waals surface area contributed by atoms with Crippen LogP contribution >= 0.6 is 11.6 Å². The number of nitrogens with zero attached hydrogens (tertiary/aromatic N) is 1. The normalized spacial score (nSPS) is 10.6. The standard InChI is InChI=1S/C12H17ClN2O2/c1-9(2)17-5-3-4-14-12-11(13)6-10(8-16)7-15-12/h6-9H,3-5H2,1-2H3,(H,14,15)/p+1. The van der Waals surface area contributed by atoms with Gasteiger partial charge in [-0.2, -0.15) is 0 Å². The molecule has 1 aromatic heterocycles. The van der Waals surface area contributed by atoms with Crippen molar-refractivity contribution < 1.29 is 9.53 Å². The first-order valence-electron chi connectivity index (χ1n) is 5.64. The molecule has 17 heavy (non-hydrogen) atoms. The Balaban J connectivity index is 2.34. The van der Waals surface area contributed by atoms with Crippen LogP contribution < -0.4 is 5.32 Å². The molecule has 0 atom stereocenters. The molecule has 1 aromatic rings. The molecule has 94 valence electrons. The van der Waals surface area contributed by atoms with E-state index < -0.39 is 0 Å². The van der Waals surface area contributed by atoms with Crippen LogP contribution in [0.1, 0.15) is 30.6 Å². The molecule has 0 unspecified atom stereocenters. The van der Waals surface area contributed by atoms with Gasteiger partial charge in [0, 0.05) is 38.6 Å². The second-order valence-electron chi connectivity index (χ2n) is 4.00. The number of aldehydes is 1. The second kappa shape index (κ2) is 7.25. The number of aliphatic hydroxyl groups is 2. The number of aromatic nitrogens is 1. The number of anilines is 1. The van der Waals surface area contributed by atoms with E-state index in [1.807, 2.05) is 0 Å². The average molecular weight is 258 g/mol. The van der Waals surface area contributed by atoms with Gasteiger partial charge in [0.1, 0.15) is 18.5 Å². The first-order chi connectivity index (χ1) is 8.13. The quantitative estimate of drug-likeness (QED) is 0.463. The summed E-state index contributed by atoms with van der Waals surface area (Å²) in [6.45, 7) is 5.71. The van der Waals surface area contributed by atoms with E-state index in [1.165, 1.54) is 6.20 Å². The minimum atomic E-state index is 0.378. The van der Waals surface area contributed by atoms with Gasteiger partial charge in [0.25, 0.3) is 0 Å². The van der Waals surface area contributed by atoms with Gasteiger partial charge < -0.3 is 10.1 Å². The van der Waals surface area contributed by atoms with Crippen molar-refractivity contribution >= 4 is 23.7 Å². The molecular formula is C12H18ClN2O2+. The smallest absolute Gasteiger partial charge is 0.151 e. The Hall–Kier alpha value is -1.13. The third kappa shape index (κ3) is 5.15. The van der Waals surface area contributed by atoms with E-state index in [2.05, 4.69) is 28.9 Å². The van der Waals surface area contributed by atoms with Gasteiger partial charge in [0.15, 0.2) is 6.29 Å². The van der Waals surface area contributed by atoms with Crippen LogP contribution in [0.15, 0.2) is 12.3 Å². The van der Waals surface area contributed by atoms with Gasteiger partial charge in [-0.15, -0.1) is 0 Å². The number of pyridine rings is 1. The van der Waals surface area contributed by atoms with Crippen LogP contribution in [0, 0.1) is 0 Å². The Morgan fingerprint density at radius 1 is 1.59 bits per heavy atom. The van der Waals surface area contributed by atoms with Crippen LogP contribution in [0.5, 0.6) is 0 Å². The molecule has 0 aliphatic carbocycles. The lowest BCUT2D eigenvalue weighted by Gasteiger charge is -2.07. The summed E-state index contributed by atoms with van der Waals surface area (Å²) in [5.74, 6) is 0.613. The largest absolute Gasteiger partial charge is 0.432 e. The maximum atomic E-state index is 10.5. The van der Waals surface area contributed by atoms with Crippen molar-refractivity contribution in [1.82, 2.24) is 4.98 Å². The molecule has 0 radical (unpaired) electrons. The molecule has 2 N–H and O–H groups in total. The molecule has 1 heterocycles. The lowest BCUT2D eigenvalue weighted by molar-refractivity contribution is -0.0847. The van der Waals surface area contributed by atoms with Crippen LogP contribution in [0.4, 0.5) is 5.82 Å². The van der Waals surface area contributed by atoms with Gasteiger partial charge in [-0.1, -0.05) is 11.6 Å². The molecule has 0 saturated heterocycles. The fourth-order valence-electron chi connectivity index (χ4n) is 1.28. The van der Waals surface area contributed by atoms with Gasteiger partial charge in [-0.25, -0.2) is 4.98 Å². The van der Waals surface area contributed by atoms with Crippen molar-refractivity contribution in [2.75, 3.05) is 18.5 Å². The lowest BCUT2D eigenvalue weighted by atomic mass is 10.3. The minimum Gasteiger partial charge on any atom is -0.432 e. The molecule has 1 rings (SSSR count). The summed E-state index contributed by atoms with van der Waals surface area (Å²) in [6.07, 6.45) is 3.54. The summed E-state index contributed by atoms with van der Waals surface area (Å²) in [7, 11) is 0. The fraction of sp³-hybridized carbons (Fsp3) is 0.500. The third-order valence-corrected chi connectivity index (χ3v) is 2.41. The van der Waals surface area contributed by atoms with Crippen molar-refractivity contribution in [3.05, 3.63) is 22.8 Å². The zero-order valence-corrected chi connectivity index (χ0v) is 10.9. The zero-order chi connectivity index (χ0) is 12.7. The summed E-state index contributed by atoms with van der Waals surface area (Å²) in [5.41, 5.74) is 0.482. The summed E-state index contributed by atoms with van der Waals surface area (Å²) in [5, 5.41) is 3.59. The first-order valence-corrected chi connectivity index (χ1v) is 6.02. The van der Waals surface area contributed by atoms with Gasteiger partial charge in [0.2, 0.25) is 0 Å². The lowest BCUT2D eigenvalue weighted by Crippen LogP contribution is -2.13. The van der Waals surface area contributed by atoms with Crippen LogP contribution in [0.2, 0.25) is 5.02 Å². The molecule has 0 aliphatic heterocycles. The Kier molecular flexibility index (Phi) is 5.94. The van der Waals surface area contributed by atoms with E-state index in [0.29, 0.717) is 22.5 Å². The molecule has 0 spiro atoms. The number of halogens is 1. The van der Waals surface area contributed by atoms with Crippen LogP contribution in [-0.2, 0) is 0 Å². The SMILES string of the molecule is CC(C)[OH+]CCCNc1ncc(C=O)cc1Cl. The first kappa shape index (κ1) is 13.9. The van der Waals surface area contributed by atoms with Crippen molar-refractivity contribution in [3.8, 4) is 0 Å². The van der Waals surface area contributed by atoms with E-state index in [-0.39, 0.29) is 0 Å². The summed E-state index contributed by atoms with van der Waals surface area (Å²) < 4.78 is 4.37. The number of carbonyl (C=O) groups excluding carboxylic acids is 1. The van der Waals surface area contributed by atoms with Crippen molar-refractivity contribution in [2.24, 2.45) is 0 Å². The monoisotopic (exact) mass is 257 g/mol. The Morgan fingerprint density at radius 2 is 2.35 bits per heavy atom. The number of nitrogens with one attached hydrogen (secondary N) is 1. The van der Waals surface area contributed by atoms with Crippen molar-refractivity contribution in [2.45, 2.75) is 26.4 Å². The zero-order valence-electron chi connectivity index (χ0n) is 10.1. The van der Waals surface area contributed by atoms with E-state index >= 15 is 0 Å². The summed E-state index contributed by atoms with van der Waals surface area (Å²) in [6, 6.07) is 1.60. The summed E-state index contributed by atoms with van der Waals surface area (Å²) >= 11 is 5.96. The van der Waals surface area contributed by atoms with Crippen molar-refractivity contribution in [3.63, 3.8) is 0 Å². The number of carbonyl (C=O) groups is 1. The Morgan fingerprint density at radius 3 is 2.94 bits per heavy atom. The highest BCUT2D eigenvalue weighted by atomic mass is 35.5. The number of ether oxygens (including phenoxy) is 1. The molecule has 0 bridgehead atoms. The maximum absolute atomic E-state index is 10.5. The van der Waals surface area contributed by atoms with E-state index in [1.54, 1.807) is 6.07 Å². The molecular weight excluding hydrogens is 240 g/mol. The number of rotatable bonds is 7. The number of hydrogen-bond acceptors (Lipinski definition) is 3. The van der Waals surface area contributed by atoms with Gasteiger partial charge in [-0.3, -0.25) is 4.79 Å². The van der Waals surface area contributed by atoms with Crippen molar-refractivity contribution in [1.29, 1.82) is 0 Å². The average Bonchev–Trinajstić information content (AvgIpc) is 2.30. The predicted octanol–water partition coefficient (Wildman–Crippen LogP) is 2.29. The van der Waals surface area contributed by atoms with Crippen LogP contribution in [0.25, 0.3) is 0 Å². The molecule has 0 aliphatic rings. The van der Waals surface area contributed by atoms with Gasteiger partial charge >= 0.3 is 0 Å². The van der Waals surface area contributed by atoms with E-state index in [4.69, 9.17) is 11.6 Å². The Labute approximate surface area is 106 Å². The predicted molar refractivity (Wildman–Crippen MR) is 70.0 cm³/mol. The third-order valence-electron chi connectivity index (χ3n) is 2.12. The molecule has 5 heteroatoms. The van der Waals surface area contributed by atoms with Gasteiger partial charge in [-0.05, 0) is 6.07 Å². The second-order valence-corrected chi connectivity index (χ2v) is 4.40. The minimum absolute atomic E-state index is 0.378. The maximum Gasteiger partial charge on any atom is 0.151 e. The molecule has 0 aromatic carbocycles. The topological polar surface area (TPSA) is 54.8 Å². The molecule has 4 nitrogen and oxygen atoms in total. The fourth-order valence-corrected chi connectivity index (χ4v) is 1.52. The molecule has 0 amide bonds. The van der Waals surface area contributed by atoms with Crippen LogP contribution in [0.3, 0.4) is 0 Å². The van der Waals surface area contributed by atoms with E-state index in [9.17, 15) is 4.79 Å². The molecule has 0 saturated carbocycles. The van der Waals surface area contributed by atoms with Crippen LogP contribution in [-0.4, -0.2) is 35.3 Å². The van der Waals surface area contributed by atoms with Gasteiger partial charge in [0.05, 0.1) is 5.02 Å². The Bertz CT molecular complexity index is 370. The summed E-state index contributed by atoms with van der Waals surface area (Å²) in [4.78, 5) is 14.6. The number of hydrogen-bond donors (Lipinski definition) is 1. The highest BCUT2D eigenvalue weighted by Gasteiger charge is 2.03. The molecule has 0 fully saturated rings. The van der Waals surface area contributed by atoms with E-state index in [0.717, 1.165) is 25.9 Å². The highest BCUT2D eigenvalue weighted by Crippen LogP contribution is 2.19.